The molecule has 74 valence electrons. The van der Waals surface area contributed by atoms with Crippen LogP contribution in [0.4, 0.5) is 0 Å². The molecular weight excluding hydrogens is 170 g/mol. The molecule has 0 radical (unpaired) electrons. The van der Waals surface area contributed by atoms with Gasteiger partial charge in [-0.05, 0) is 12.8 Å². The van der Waals surface area contributed by atoms with Crippen LogP contribution in [0.2, 0.25) is 0 Å². The maximum atomic E-state index is 11.4. The van der Waals surface area contributed by atoms with Crippen LogP contribution in [0.15, 0.2) is 0 Å². The molecule has 0 atom stereocenters. The first-order chi connectivity index (χ1) is 6.10. The average molecular weight is 185 g/mol. The van der Waals surface area contributed by atoms with Gasteiger partial charge >= 0.3 is 0 Å². The fourth-order valence-corrected chi connectivity index (χ4v) is 1.86. The molecular formula is C8H15N3O2. The first kappa shape index (κ1) is 9.98. The first-order valence-electron chi connectivity index (χ1n) is 4.40. The van der Waals surface area contributed by atoms with Crippen LogP contribution in [0.1, 0.15) is 32.6 Å². The number of nitrogens with one attached hydrogen (secondary N) is 2. The van der Waals surface area contributed by atoms with Crippen molar-refractivity contribution in [2.24, 2.45) is 5.84 Å². The van der Waals surface area contributed by atoms with Crippen molar-refractivity contribution < 1.29 is 9.59 Å². The molecule has 0 saturated heterocycles. The second-order valence-corrected chi connectivity index (χ2v) is 3.44. The Morgan fingerprint density at radius 1 is 1.31 bits per heavy atom. The maximum absolute atomic E-state index is 11.4. The number of amides is 2. The van der Waals surface area contributed by atoms with Crippen LogP contribution in [0.3, 0.4) is 0 Å². The van der Waals surface area contributed by atoms with E-state index >= 15 is 0 Å². The molecule has 0 aromatic carbocycles. The molecule has 0 heterocycles. The lowest BCUT2D eigenvalue weighted by Crippen LogP contribution is -2.58. The van der Waals surface area contributed by atoms with E-state index in [0.29, 0.717) is 12.8 Å². The summed E-state index contributed by atoms with van der Waals surface area (Å²) in [5.74, 6) is 4.58. The highest BCUT2D eigenvalue weighted by Gasteiger charge is 2.41. The lowest BCUT2D eigenvalue weighted by Gasteiger charge is -2.27. The van der Waals surface area contributed by atoms with Gasteiger partial charge < -0.3 is 5.32 Å². The summed E-state index contributed by atoms with van der Waals surface area (Å²) in [6.45, 7) is 1.41. The topological polar surface area (TPSA) is 84.2 Å². The molecule has 0 aliphatic heterocycles. The number of hydrogen-bond donors (Lipinski definition) is 3. The van der Waals surface area contributed by atoms with Gasteiger partial charge in [-0.3, -0.25) is 15.0 Å². The third kappa shape index (κ3) is 1.98. The summed E-state index contributed by atoms with van der Waals surface area (Å²) < 4.78 is 0. The first-order valence-corrected chi connectivity index (χ1v) is 4.40. The Labute approximate surface area is 77.0 Å². The Hall–Kier alpha value is -1.10. The van der Waals surface area contributed by atoms with E-state index < -0.39 is 5.54 Å². The van der Waals surface area contributed by atoms with E-state index in [0.717, 1.165) is 12.8 Å². The van der Waals surface area contributed by atoms with Gasteiger partial charge in [0.15, 0.2) is 0 Å². The molecule has 1 aliphatic rings. The van der Waals surface area contributed by atoms with Crippen LogP contribution in [-0.4, -0.2) is 17.4 Å². The molecule has 0 bridgehead atoms. The predicted molar refractivity (Wildman–Crippen MR) is 47.3 cm³/mol. The third-order valence-corrected chi connectivity index (χ3v) is 2.44. The van der Waals surface area contributed by atoms with Crippen LogP contribution in [0.5, 0.6) is 0 Å². The number of rotatable bonds is 2. The minimum absolute atomic E-state index is 0.189. The van der Waals surface area contributed by atoms with E-state index in [2.05, 4.69) is 10.7 Å². The van der Waals surface area contributed by atoms with Crippen molar-refractivity contribution in [2.45, 2.75) is 38.1 Å². The fraction of sp³-hybridized carbons (Fsp3) is 0.750. The summed E-state index contributed by atoms with van der Waals surface area (Å²) in [4.78, 5) is 22.3. The van der Waals surface area contributed by atoms with Gasteiger partial charge in [0.05, 0.1) is 0 Å². The summed E-state index contributed by atoms with van der Waals surface area (Å²) >= 11 is 0. The molecule has 1 fully saturated rings. The Morgan fingerprint density at radius 2 is 1.85 bits per heavy atom. The zero-order chi connectivity index (χ0) is 9.90. The van der Waals surface area contributed by atoms with Gasteiger partial charge in [-0.2, -0.15) is 0 Å². The van der Waals surface area contributed by atoms with Crippen LogP contribution in [0.25, 0.3) is 0 Å². The van der Waals surface area contributed by atoms with E-state index in [9.17, 15) is 9.59 Å². The SMILES string of the molecule is CC(=O)NC1(C(=O)NN)CCCC1. The van der Waals surface area contributed by atoms with Crippen molar-refractivity contribution in [3.63, 3.8) is 0 Å². The molecule has 0 spiro atoms. The minimum Gasteiger partial charge on any atom is -0.342 e. The molecule has 5 nitrogen and oxygen atoms in total. The zero-order valence-electron chi connectivity index (χ0n) is 7.72. The quantitative estimate of drug-likeness (QED) is 0.306. The van der Waals surface area contributed by atoms with Crippen LogP contribution >= 0.6 is 0 Å². The monoisotopic (exact) mass is 185 g/mol. The second-order valence-electron chi connectivity index (χ2n) is 3.44. The fourth-order valence-electron chi connectivity index (χ4n) is 1.86. The van der Waals surface area contributed by atoms with E-state index in [1.165, 1.54) is 6.92 Å². The van der Waals surface area contributed by atoms with Crippen LogP contribution < -0.4 is 16.6 Å². The molecule has 13 heavy (non-hydrogen) atoms. The molecule has 1 saturated carbocycles. The molecule has 1 aliphatic carbocycles. The van der Waals surface area contributed by atoms with Gasteiger partial charge in [0.2, 0.25) is 5.91 Å². The highest BCUT2D eigenvalue weighted by atomic mass is 16.2. The largest absolute Gasteiger partial charge is 0.342 e. The van der Waals surface area contributed by atoms with E-state index in [1.54, 1.807) is 0 Å². The van der Waals surface area contributed by atoms with Gasteiger partial charge in [0.1, 0.15) is 5.54 Å². The summed E-state index contributed by atoms with van der Waals surface area (Å²) in [6, 6.07) is 0. The molecule has 4 N–H and O–H groups in total. The van der Waals surface area contributed by atoms with Crippen molar-refractivity contribution in [1.29, 1.82) is 0 Å². The van der Waals surface area contributed by atoms with Crippen molar-refractivity contribution in [3.05, 3.63) is 0 Å². The van der Waals surface area contributed by atoms with Gasteiger partial charge in [-0.25, -0.2) is 5.84 Å². The van der Waals surface area contributed by atoms with Crippen molar-refractivity contribution in [3.8, 4) is 0 Å². The van der Waals surface area contributed by atoms with Crippen molar-refractivity contribution in [2.75, 3.05) is 0 Å². The Bertz CT molecular complexity index is 221. The molecule has 2 amide bonds. The molecule has 0 unspecified atom stereocenters. The number of hydrogen-bond acceptors (Lipinski definition) is 3. The smallest absolute Gasteiger partial charge is 0.259 e. The van der Waals surface area contributed by atoms with Crippen LogP contribution in [-0.2, 0) is 9.59 Å². The van der Waals surface area contributed by atoms with Gasteiger partial charge in [-0.1, -0.05) is 12.8 Å². The van der Waals surface area contributed by atoms with Crippen LogP contribution in [0, 0.1) is 0 Å². The van der Waals surface area contributed by atoms with E-state index in [1.807, 2.05) is 0 Å². The lowest BCUT2D eigenvalue weighted by molar-refractivity contribution is -0.132. The van der Waals surface area contributed by atoms with Crippen molar-refractivity contribution in [1.82, 2.24) is 10.7 Å². The second kappa shape index (κ2) is 3.74. The molecule has 1 rings (SSSR count). The third-order valence-electron chi connectivity index (χ3n) is 2.44. The van der Waals surface area contributed by atoms with Gasteiger partial charge in [-0.15, -0.1) is 0 Å². The number of hydrazine groups is 1. The minimum atomic E-state index is -0.749. The summed E-state index contributed by atoms with van der Waals surface area (Å²) in [5, 5.41) is 2.67. The number of carbonyl (C=O) groups is 2. The number of carbonyl (C=O) groups excluding carboxylic acids is 2. The molecule has 5 heteroatoms. The zero-order valence-corrected chi connectivity index (χ0v) is 7.72. The highest BCUT2D eigenvalue weighted by Crippen LogP contribution is 2.29. The summed E-state index contributed by atoms with van der Waals surface area (Å²) in [5.41, 5.74) is 1.35. The van der Waals surface area contributed by atoms with Gasteiger partial charge in [0.25, 0.3) is 5.91 Å². The van der Waals surface area contributed by atoms with Gasteiger partial charge in [0, 0.05) is 6.92 Å². The van der Waals surface area contributed by atoms with E-state index in [4.69, 9.17) is 5.84 Å². The van der Waals surface area contributed by atoms with E-state index in [-0.39, 0.29) is 11.8 Å². The summed E-state index contributed by atoms with van der Waals surface area (Å²) in [6.07, 6.45) is 3.26. The Balaban J connectivity index is 2.74. The number of nitrogens with two attached hydrogens (primary N) is 1. The normalized spacial score (nSPS) is 19.5. The Morgan fingerprint density at radius 3 is 2.23 bits per heavy atom. The highest BCUT2D eigenvalue weighted by molar-refractivity contribution is 5.90. The standard InChI is InChI=1S/C8H15N3O2/c1-6(12)10-8(7(13)11-9)4-2-3-5-8/h2-5,9H2,1H3,(H,10,12)(H,11,13). The predicted octanol–water partition coefficient (Wildman–Crippen LogP) is -0.575. The lowest BCUT2D eigenvalue weighted by atomic mass is 9.96. The molecule has 0 aromatic rings. The maximum Gasteiger partial charge on any atom is 0.259 e. The van der Waals surface area contributed by atoms with Crippen molar-refractivity contribution >= 4 is 11.8 Å². The Kier molecular flexibility index (Phi) is 2.87. The summed E-state index contributed by atoms with van der Waals surface area (Å²) in [7, 11) is 0. The average Bonchev–Trinajstić information content (AvgIpc) is 2.51. The molecule has 0 aromatic heterocycles.